The van der Waals surface area contributed by atoms with Crippen LogP contribution >= 0.6 is 0 Å². The van der Waals surface area contributed by atoms with Gasteiger partial charge in [0.15, 0.2) is 0 Å². The second-order valence-electron chi connectivity index (χ2n) is 4.44. The summed E-state index contributed by atoms with van der Waals surface area (Å²) < 4.78 is 5.05. The quantitative estimate of drug-likeness (QED) is 0.797. The smallest absolute Gasteiger partial charge is 0.326 e. The van der Waals surface area contributed by atoms with Crippen molar-refractivity contribution in [2.24, 2.45) is 0 Å². The molecule has 1 atom stereocenters. The predicted octanol–water partition coefficient (Wildman–Crippen LogP) is 2.10. The van der Waals surface area contributed by atoms with Crippen LogP contribution in [0.2, 0.25) is 0 Å². The van der Waals surface area contributed by atoms with E-state index < -0.39 is 17.9 Å². The maximum atomic E-state index is 11.7. The van der Waals surface area contributed by atoms with Gasteiger partial charge in [0.2, 0.25) is 5.91 Å². The van der Waals surface area contributed by atoms with Crippen molar-refractivity contribution in [3.05, 3.63) is 66.1 Å². The maximum absolute atomic E-state index is 11.7. The van der Waals surface area contributed by atoms with Crippen molar-refractivity contribution in [1.29, 1.82) is 0 Å². The van der Waals surface area contributed by atoms with E-state index >= 15 is 0 Å². The summed E-state index contributed by atoms with van der Waals surface area (Å²) >= 11 is 0. The maximum Gasteiger partial charge on any atom is 0.326 e. The van der Waals surface area contributed by atoms with Gasteiger partial charge in [-0.05, 0) is 23.8 Å². The summed E-state index contributed by atoms with van der Waals surface area (Å²) in [6, 6.07) is 11.6. The highest BCUT2D eigenvalue weighted by atomic mass is 16.4. The minimum atomic E-state index is -1.07. The Balaban J connectivity index is 1.96. The molecule has 0 saturated carbocycles. The number of carbonyl (C=O) groups is 2. The van der Waals surface area contributed by atoms with Crippen LogP contribution in [0.5, 0.6) is 0 Å². The van der Waals surface area contributed by atoms with Crippen molar-refractivity contribution in [2.75, 3.05) is 0 Å². The molecule has 108 valence electrons. The molecule has 0 aliphatic rings. The number of carboxylic acid groups (broad SMARTS) is 1. The Hall–Kier alpha value is -2.82. The van der Waals surface area contributed by atoms with Gasteiger partial charge in [0.1, 0.15) is 11.8 Å². The van der Waals surface area contributed by atoms with E-state index in [0.29, 0.717) is 5.76 Å². The lowest BCUT2D eigenvalue weighted by Crippen LogP contribution is -2.41. The number of furan rings is 1. The molecule has 1 amide bonds. The normalized spacial score (nSPS) is 12.2. The lowest BCUT2D eigenvalue weighted by molar-refractivity contribution is -0.141. The molecular weight excluding hydrogens is 270 g/mol. The average Bonchev–Trinajstić information content (AvgIpc) is 2.99. The van der Waals surface area contributed by atoms with Crippen LogP contribution in [-0.4, -0.2) is 23.0 Å². The van der Waals surface area contributed by atoms with Crippen LogP contribution in [0.15, 0.2) is 59.2 Å². The molecule has 1 aromatic carbocycles. The molecule has 5 nitrogen and oxygen atoms in total. The van der Waals surface area contributed by atoms with Gasteiger partial charge in [-0.1, -0.05) is 30.3 Å². The van der Waals surface area contributed by atoms with Crippen LogP contribution in [-0.2, 0) is 16.0 Å². The molecule has 1 aromatic heterocycles. The number of hydrogen-bond acceptors (Lipinski definition) is 3. The third-order valence-electron chi connectivity index (χ3n) is 2.84. The van der Waals surface area contributed by atoms with Crippen LogP contribution in [0.25, 0.3) is 6.08 Å². The van der Waals surface area contributed by atoms with Crippen molar-refractivity contribution in [1.82, 2.24) is 5.32 Å². The molecule has 0 aliphatic heterocycles. The highest BCUT2D eigenvalue weighted by Gasteiger charge is 2.19. The number of amides is 1. The molecule has 5 heteroatoms. The largest absolute Gasteiger partial charge is 0.480 e. The third-order valence-corrected chi connectivity index (χ3v) is 2.84. The minimum Gasteiger partial charge on any atom is -0.480 e. The van der Waals surface area contributed by atoms with Gasteiger partial charge in [0.25, 0.3) is 0 Å². The predicted molar refractivity (Wildman–Crippen MR) is 77.5 cm³/mol. The number of carboxylic acids is 1. The minimum absolute atomic E-state index is 0.233. The molecule has 2 aromatic rings. The SMILES string of the molecule is O=C(/C=C/c1ccco1)NC(Cc1ccccc1)C(=O)O. The van der Waals surface area contributed by atoms with E-state index in [1.807, 2.05) is 30.3 Å². The molecule has 1 unspecified atom stereocenters. The van der Waals surface area contributed by atoms with Crippen molar-refractivity contribution in [3.8, 4) is 0 Å². The van der Waals surface area contributed by atoms with Gasteiger partial charge >= 0.3 is 5.97 Å². The Morgan fingerprint density at radius 3 is 2.57 bits per heavy atom. The fourth-order valence-corrected chi connectivity index (χ4v) is 1.81. The molecule has 0 saturated heterocycles. The van der Waals surface area contributed by atoms with Crippen molar-refractivity contribution in [2.45, 2.75) is 12.5 Å². The Morgan fingerprint density at radius 1 is 1.19 bits per heavy atom. The standard InChI is InChI=1S/C16H15NO4/c18-15(9-8-13-7-4-10-21-13)17-14(16(19)20)11-12-5-2-1-3-6-12/h1-10,14H,11H2,(H,17,18)(H,19,20)/b9-8+. The van der Waals surface area contributed by atoms with E-state index in [2.05, 4.69) is 5.32 Å². The molecule has 21 heavy (non-hydrogen) atoms. The van der Waals surface area contributed by atoms with E-state index in [1.165, 1.54) is 18.4 Å². The van der Waals surface area contributed by atoms with Gasteiger partial charge in [-0.15, -0.1) is 0 Å². The summed E-state index contributed by atoms with van der Waals surface area (Å²) in [5, 5.41) is 11.6. The summed E-state index contributed by atoms with van der Waals surface area (Å²) in [5.74, 6) is -1.02. The summed E-state index contributed by atoms with van der Waals surface area (Å²) in [7, 11) is 0. The molecule has 2 N–H and O–H groups in total. The summed E-state index contributed by atoms with van der Waals surface area (Å²) in [5.41, 5.74) is 0.847. The van der Waals surface area contributed by atoms with Gasteiger partial charge in [0, 0.05) is 12.5 Å². The zero-order chi connectivity index (χ0) is 15.1. The topological polar surface area (TPSA) is 79.5 Å². The molecule has 1 heterocycles. The molecule has 0 radical (unpaired) electrons. The molecular formula is C16H15NO4. The van der Waals surface area contributed by atoms with Crippen LogP contribution in [0.4, 0.5) is 0 Å². The van der Waals surface area contributed by atoms with E-state index in [-0.39, 0.29) is 6.42 Å². The van der Waals surface area contributed by atoms with Gasteiger partial charge in [0.05, 0.1) is 6.26 Å². The number of nitrogens with one attached hydrogen (secondary N) is 1. The molecule has 0 fully saturated rings. The summed E-state index contributed by atoms with van der Waals surface area (Å²) in [6.07, 6.45) is 4.46. The summed E-state index contributed by atoms with van der Waals surface area (Å²) in [4.78, 5) is 23.0. The lowest BCUT2D eigenvalue weighted by Gasteiger charge is -2.13. The van der Waals surface area contributed by atoms with Crippen molar-refractivity contribution < 1.29 is 19.1 Å². The number of rotatable bonds is 6. The first-order chi connectivity index (χ1) is 10.1. The van der Waals surface area contributed by atoms with Crippen molar-refractivity contribution in [3.63, 3.8) is 0 Å². The first-order valence-corrected chi connectivity index (χ1v) is 6.44. The first-order valence-electron chi connectivity index (χ1n) is 6.44. The fraction of sp³-hybridized carbons (Fsp3) is 0.125. The van der Waals surface area contributed by atoms with Crippen LogP contribution in [0.3, 0.4) is 0 Å². The Bertz CT molecular complexity index is 617. The average molecular weight is 285 g/mol. The van der Waals surface area contributed by atoms with Crippen molar-refractivity contribution >= 4 is 18.0 Å². The second-order valence-corrected chi connectivity index (χ2v) is 4.44. The van der Waals surface area contributed by atoms with Crippen LogP contribution < -0.4 is 5.32 Å². The Kier molecular flexibility index (Phi) is 4.93. The van der Waals surface area contributed by atoms with Gasteiger partial charge in [-0.3, -0.25) is 4.79 Å². The lowest BCUT2D eigenvalue weighted by atomic mass is 10.1. The second kappa shape index (κ2) is 7.09. The highest BCUT2D eigenvalue weighted by Crippen LogP contribution is 2.05. The molecule has 0 bridgehead atoms. The summed E-state index contributed by atoms with van der Waals surface area (Å²) in [6.45, 7) is 0. The van der Waals surface area contributed by atoms with E-state index in [0.717, 1.165) is 5.56 Å². The number of aliphatic carboxylic acids is 1. The van der Waals surface area contributed by atoms with Gasteiger partial charge in [-0.2, -0.15) is 0 Å². The highest BCUT2D eigenvalue weighted by molar-refractivity contribution is 5.94. The first kappa shape index (κ1) is 14.6. The Morgan fingerprint density at radius 2 is 1.95 bits per heavy atom. The fourth-order valence-electron chi connectivity index (χ4n) is 1.81. The number of benzene rings is 1. The van der Waals surface area contributed by atoms with E-state index in [4.69, 9.17) is 4.42 Å². The van der Waals surface area contributed by atoms with E-state index in [1.54, 1.807) is 12.1 Å². The zero-order valence-corrected chi connectivity index (χ0v) is 11.2. The third kappa shape index (κ3) is 4.65. The van der Waals surface area contributed by atoms with Crippen LogP contribution in [0, 0.1) is 0 Å². The van der Waals surface area contributed by atoms with Gasteiger partial charge < -0.3 is 14.8 Å². The molecule has 2 rings (SSSR count). The zero-order valence-electron chi connectivity index (χ0n) is 11.2. The number of carbonyl (C=O) groups excluding carboxylic acids is 1. The Labute approximate surface area is 121 Å². The molecule has 0 spiro atoms. The monoisotopic (exact) mass is 285 g/mol. The molecule has 0 aliphatic carbocycles. The number of hydrogen-bond donors (Lipinski definition) is 2. The van der Waals surface area contributed by atoms with Crippen LogP contribution in [0.1, 0.15) is 11.3 Å². The van der Waals surface area contributed by atoms with E-state index in [9.17, 15) is 14.7 Å². The van der Waals surface area contributed by atoms with Gasteiger partial charge in [-0.25, -0.2) is 4.79 Å².